The van der Waals surface area contributed by atoms with Crippen LogP contribution in [-0.2, 0) is 11.8 Å². The summed E-state index contributed by atoms with van der Waals surface area (Å²) in [7, 11) is 5.42. The number of hydrogen-bond acceptors (Lipinski definition) is 4. The molecule has 1 fully saturated rings. The van der Waals surface area contributed by atoms with Crippen LogP contribution in [-0.4, -0.2) is 72.4 Å². The SMILES string of the molecule is CC(C)NC(=NCC(=O)N(C)C)NC1CCCN(c2cnn(C)c2)C1.I. The van der Waals surface area contributed by atoms with E-state index in [4.69, 9.17) is 0 Å². The predicted octanol–water partition coefficient (Wildman–Crippen LogP) is 1.04. The summed E-state index contributed by atoms with van der Waals surface area (Å²) < 4.78 is 1.83. The Balaban J connectivity index is 0.00000338. The fourth-order valence-electron chi connectivity index (χ4n) is 2.79. The molecule has 2 heterocycles. The first-order chi connectivity index (χ1) is 11.8. The largest absolute Gasteiger partial charge is 0.367 e. The summed E-state index contributed by atoms with van der Waals surface area (Å²) in [4.78, 5) is 20.2. The number of rotatable bonds is 5. The van der Waals surface area contributed by atoms with E-state index in [1.807, 2.05) is 24.1 Å². The number of carbonyl (C=O) groups is 1. The van der Waals surface area contributed by atoms with Crippen LogP contribution in [0, 0.1) is 0 Å². The number of nitrogens with one attached hydrogen (secondary N) is 2. The zero-order valence-electron chi connectivity index (χ0n) is 16.4. The Labute approximate surface area is 173 Å². The van der Waals surface area contributed by atoms with Crippen molar-refractivity contribution in [2.75, 3.05) is 38.6 Å². The zero-order chi connectivity index (χ0) is 18.4. The van der Waals surface area contributed by atoms with Crippen molar-refractivity contribution < 1.29 is 4.79 Å². The third-order valence-corrected chi connectivity index (χ3v) is 4.12. The molecule has 0 radical (unpaired) electrons. The van der Waals surface area contributed by atoms with Crippen molar-refractivity contribution in [1.82, 2.24) is 25.3 Å². The molecule has 0 aliphatic carbocycles. The van der Waals surface area contributed by atoms with Crippen molar-refractivity contribution in [2.24, 2.45) is 12.0 Å². The second-order valence-corrected chi connectivity index (χ2v) is 7.05. The van der Waals surface area contributed by atoms with E-state index in [0.717, 1.165) is 31.6 Å². The van der Waals surface area contributed by atoms with Crippen molar-refractivity contribution in [2.45, 2.75) is 38.8 Å². The Morgan fingerprint density at radius 1 is 1.46 bits per heavy atom. The van der Waals surface area contributed by atoms with E-state index in [2.05, 4.69) is 39.5 Å². The van der Waals surface area contributed by atoms with Crippen LogP contribution >= 0.6 is 24.0 Å². The summed E-state index contributed by atoms with van der Waals surface area (Å²) in [6.45, 7) is 6.20. The lowest BCUT2D eigenvalue weighted by molar-refractivity contribution is -0.127. The molecule has 2 N–H and O–H groups in total. The summed E-state index contributed by atoms with van der Waals surface area (Å²) in [6, 6.07) is 0.534. The molecule has 1 aromatic rings. The third kappa shape index (κ3) is 7.00. The Kier molecular flexibility index (Phi) is 9.17. The molecule has 1 saturated heterocycles. The zero-order valence-corrected chi connectivity index (χ0v) is 18.7. The number of halogens is 1. The minimum atomic E-state index is -0.00881. The van der Waals surface area contributed by atoms with Gasteiger partial charge in [0.05, 0.1) is 11.9 Å². The van der Waals surface area contributed by atoms with Crippen LogP contribution in [0.15, 0.2) is 17.4 Å². The average molecular weight is 477 g/mol. The number of likely N-dealkylation sites (N-methyl/N-ethyl adjacent to an activating group) is 1. The molecular formula is C17H32IN7O. The minimum absolute atomic E-state index is 0. The molecule has 0 saturated carbocycles. The smallest absolute Gasteiger partial charge is 0.243 e. The van der Waals surface area contributed by atoms with Crippen molar-refractivity contribution in [3.05, 3.63) is 12.4 Å². The first-order valence-corrected chi connectivity index (χ1v) is 8.86. The lowest BCUT2D eigenvalue weighted by Crippen LogP contribution is -2.52. The van der Waals surface area contributed by atoms with E-state index >= 15 is 0 Å². The number of anilines is 1. The van der Waals surface area contributed by atoms with E-state index in [-0.39, 0.29) is 48.5 Å². The number of nitrogens with zero attached hydrogens (tertiary/aromatic N) is 5. The van der Waals surface area contributed by atoms with Gasteiger partial charge in [0.2, 0.25) is 5.91 Å². The van der Waals surface area contributed by atoms with Crippen LogP contribution in [0.3, 0.4) is 0 Å². The van der Waals surface area contributed by atoms with Gasteiger partial charge < -0.3 is 20.4 Å². The van der Waals surface area contributed by atoms with E-state index in [9.17, 15) is 4.79 Å². The highest BCUT2D eigenvalue weighted by molar-refractivity contribution is 14.0. The van der Waals surface area contributed by atoms with E-state index in [0.29, 0.717) is 5.96 Å². The fourth-order valence-corrected chi connectivity index (χ4v) is 2.79. The predicted molar refractivity (Wildman–Crippen MR) is 116 cm³/mol. The molecule has 1 unspecified atom stereocenters. The molecule has 26 heavy (non-hydrogen) atoms. The second kappa shape index (κ2) is 10.6. The molecule has 148 valence electrons. The van der Waals surface area contributed by atoms with Crippen LogP contribution in [0.2, 0.25) is 0 Å². The maximum atomic E-state index is 11.8. The number of aryl methyl sites for hydroxylation is 1. The maximum Gasteiger partial charge on any atom is 0.243 e. The van der Waals surface area contributed by atoms with Crippen molar-refractivity contribution in [3.63, 3.8) is 0 Å². The molecule has 1 aromatic heterocycles. The molecule has 1 aliphatic heterocycles. The van der Waals surface area contributed by atoms with Crippen LogP contribution in [0.25, 0.3) is 0 Å². The summed E-state index contributed by atoms with van der Waals surface area (Å²) in [5, 5.41) is 11.1. The highest BCUT2D eigenvalue weighted by atomic mass is 127. The van der Waals surface area contributed by atoms with Gasteiger partial charge in [-0.3, -0.25) is 9.48 Å². The number of guanidine groups is 1. The highest BCUT2D eigenvalue weighted by Gasteiger charge is 2.22. The lowest BCUT2D eigenvalue weighted by Gasteiger charge is -2.34. The molecule has 1 aliphatic rings. The molecule has 1 atom stereocenters. The van der Waals surface area contributed by atoms with Gasteiger partial charge in [0.1, 0.15) is 6.54 Å². The van der Waals surface area contributed by atoms with Gasteiger partial charge >= 0.3 is 0 Å². The van der Waals surface area contributed by atoms with Gasteiger partial charge in [-0.05, 0) is 26.7 Å². The Hall–Kier alpha value is -1.52. The molecule has 1 amide bonds. The Bertz CT molecular complexity index is 600. The number of piperidine rings is 1. The van der Waals surface area contributed by atoms with Gasteiger partial charge in [0.25, 0.3) is 0 Å². The van der Waals surface area contributed by atoms with Crippen LogP contribution in [0.5, 0.6) is 0 Å². The fraction of sp³-hybridized carbons (Fsp3) is 0.706. The topological polar surface area (TPSA) is 77.8 Å². The molecule has 9 heteroatoms. The van der Waals surface area contributed by atoms with Crippen molar-refractivity contribution >= 4 is 41.5 Å². The van der Waals surface area contributed by atoms with Gasteiger partial charge in [0, 0.05) is 52.5 Å². The third-order valence-electron chi connectivity index (χ3n) is 4.12. The average Bonchev–Trinajstić information content (AvgIpc) is 2.98. The standard InChI is InChI=1S/C17H31N7O.HI/c1-13(2)20-17(18-10-16(25)22(3)4)21-14-7-6-8-24(11-14)15-9-19-23(5)12-15;/h9,12-14H,6-8,10-11H2,1-5H3,(H2,18,20,21);1H. The van der Waals surface area contributed by atoms with E-state index in [1.165, 1.54) is 0 Å². The quantitative estimate of drug-likeness (QED) is 0.377. The molecule has 2 rings (SSSR count). The monoisotopic (exact) mass is 477 g/mol. The number of aromatic nitrogens is 2. The molecule has 0 aromatic carbocycles. The van der Waals surface area contributed by atoms with E-state index < -0.39 is 0 Å². The molecule has 0 bridgehead atoms. The number of aliphatic imine (C=N–C) groups is 1. The van der Waals surface area contributed by atoms with Gasteiger partial charge in [0.15, 0.2) is 5.96 Å². The molecular weight excluding hydrogens is 445 g/mol. The van der Waals surface area contributed by atoms with Gasteiger partial charge in [-0.1, -0.05) is 0 Å². The Morgan fingerprint density at radius 2 is 2.19 bits per heavy atom. The molecule has 0 spiro atoms. The van der Waals surface area contributed by atoms with Gasteiger partial charge in [-0.15, -0.1) is 24.0 Å². The molecule has 8 nitrogen and oxygen atoms in total. The Morgan fingerprint density at radius 3 is 2.77 bits per heavy atom. The van der Waals surface area contributed by atoms with Crippen LogP contribution in [0.4, 0.5) is 5.69 Å². The summed E-state index contributed by atoms with van der Waals surface area (Å²) in [5.74, 6) is 0.689. The van der Waals surface area contributed by atoms with E-state index in [1.54, 1.807) is 19.0 Å². The summed E-state index contributed by atoms with van der Waals surface area (Å²) >= 11 is 0. The normalized spacial score (nSPS) is 17.7. The van der Waals surface area contributed by atoms with Crippen molar-refractivity contribution in [3.8, 4) is 0 Å². The summed E-state index contributed by atoms with van der Waals surface area (Å²) in [6.07, 6.45) is 6.13. The van der Waals surface area contributed by atoms with Gasteiger partial charge in [-0.25, -0.2) is 4.99 Å². The summed E-state index contributed by atoms with van der Waals surface area (Å²) in [5.41, 5.74) is 1.15. The number of amides is 1. The second-order valence-electron chi connectivity index (χ2n) is 7.05. The minimum Gasteiger partial charge on any atom is -0.367 e. The number of hydrogen-bond donors (Lipinski definition) is 2. The maximum absolute atomic E-state index is 11.8. The van der Waals surface area contributed by atoms with Crippen LogP contribution < -0.4 is 15.5 Å². The van der Waals surface area contributed by atoms with Crippen molar-refractivity contribution in [1.29, 1.82) is 0 Å². The number of carbonyl (C=O) groups excluding carboxylic acids is 1. The first kappa shape index (κ1) is 22.5. The van der Waals surface area contributed by atoms with Gasteiger partial charge in [-0.2, -0.15) is 5.10 Å². The van der Waals surface area contributed by atoms with Crippen LogP contribution in [0.1, 0.15) is 26.7 Å². The lowest BCUT2D eigenvalue weighted by atomic mass is 10.1. The first-order valence-electron chi connectivity index (χ1n) is 8.86. The highest BCUT2D eigenvalue weighted by Crippen LogP contribution is 2.18.